The van der Waals surface area contributed by atoms with E-state index in [4.69, 9.17) is 4.74 Å². The summed E-state index contributed by atoms with van der Waals surface area (Å²) in [6, 6.07) is 15.3. The van der Waals surface area contributed by atoms with Gasteiger partial charge in [-0.05, 0) is 56.4 Å². The van der Waals surface area contributed by atoms with E-state index < -0.39 is 35.0 Å². The van der Waals surface area contributed by atoms with Gasteiger partial charge in [-0.15, -0.1) is 0 Å². The third-order valence-corrected chi connectivity index (χ3v) is 7.06. The lowest BCUT2D eigenvalue weighted by Gasteiger charge is -2.39. The van der Waals surface area contributed by atoms with Crippen LogP contribution in [0.1, 0.15) is 64.5 Å². The van der Waals surface area contributed by atoms with Gasteiger partial charge in [0.05, 0.1) is 11.0 Å². The summed E-state index contributed by atoms with van der Waals surface area (Å²) < 4.78 is 5.58. The summed E-state index contributed by atoms with van der Waals surface area (Å²) in [5.74, 6) is -1.53. The SMILES string of the molecule is CCCC(NC(=O)OCC1c2ccccc2-c2ccccc21)C(=O)NC(C)(C)C(C)(C)C(=O)O. The molecular formula is C27H34N2O5. The van der Waals surface area contributed by atoms with E-state index in [9.17, 15) is 19.5 Å². The molecule has 1 aliphatic rings. The monoisotopic (exact) mass is 466 g/mol. The number of aliphatic carboxylic acids is 1. The second kappa shape index (κ2) is 9.87. The lowest BCUT2D eigenvalue weighted by atomic mass is 9.74. The molecule has 0 heterocycles. The molecule has 3 N–H and O–H groups in total. The summed E-state index contributed by atoms with van der Waals surface area (Å²) in [5, 5.41) is 15.0. The van der Waals surface area contributed by atoms with E-state index >= 15 is 0 Å². The predicted octanol–water partition coefficient (Wildman–Crippen LogP) is 4.70. The predicted molar refractivity (Wildman–Crippen MR) is 131 cm³/mol. The largest absolute Gasteiger partial charge is 0.481 e. The Morgan fingerprint density at radius 3 is 2.00 bits per heavy atom. The molecule has 3 rings (SSSR count). The zero-order valence-corrected chi connectivity index (χ0v) is 20.5. The van der Waals surface area contributed by atoms with Gasteiger partial charge in [0, 0.05) is 5.92 Å². The zero-order chi connectivity index (χ0) is 25.1. The van der Waals surface area contributed by atoms with Gasteiger partial charge in [-0.1, -0.05) is 61.9 Å². The number of alkyl carbamates (subject to hydrolysis) is 1. The summed E-state index contributed by atoms with van der Waals surface area (Å²) in [6.07, 6.45) is 0.384. The standard InChI is InChI=1S/C27H34N2O5/c1-6-11-22(23(30)29-27(4,5)26(2,3)24(31)32)28-25(33)34-16-21-19-14-9-7-12-17(19)18-13-8-10-15-20(18)21/h7-10,12-15,21-22H,6,11,16H2,1-5H3,(H,28,33)(H,29,30)(H,31,32). The smallest absolute Gasteiger partial charge is 0.407 e. The average molecular weight is 467 g/mol. The molecule has 2 amide bonds. The lowest BCUT2D eigenvalue weighted by molar-refractivity contribution is -0.152. The van der Waals surface area contributed by atoms with Crippen molar-refractivity contribution in [2.45, 2.75) is 65.0 Å². The number of rotatable bonds is 9. The molecule has 0 spiro atoms. The highest BCUT2D eigenvalue weighted by atomic mass is 16.5. The Morgan fingerprint density at radius 1 is 0.971 bits per heavy atom. The van der Waals surface area contributed by atoms with Crippen LogP contribution < -0.4 is 10.6 Å². The third kappa shape index (κ3) is 4.93. The quantitative estimate of drug-likeness (QED) is 0.497. The van der Waals surface area contributed by atoms with Gasteiger partial charge in [-0.3, -0.25) is 9.59 Å². The molecule has 0 fully saturated rings. The number of nitrogens with one attached hydrogen (secondary N) is 2. The molecule has 2 aromatic carbocycles. The first-order valence-electron chi connectivity index (χ1n) is 11.7. The fourth-order valence-corrected chi connectivity index (χ4v) is 4.16. The van der Waals surface area contributed by atoms with Crippen LogP contribution in [0.5, 0.6) is 0 Å². The number of carboxylic acids is 1. The molecule has 0 aromatic heterocycles. The molecule has 7 nitrogen and oxygen atoms in total. The average Bonchev–Trinajstić information content (AvgIpc) is 3.10. The fourth-order valence-electron chi connectivity index (χ4n) is 4.16. The Labute approximate surface area is 200 Å². The molecule has 0 radical (unpaired) electrons. The highest BCUT2D eigenvalue weighted by Crippen LogP contribution is 2.44. The molecular weight excluding hydrogens is 432 g/mol. The number of ether oxygens (including phenoxy) is 1. The van der Waals surface area contributed by atoms with Crippen LogP contribution in [-0.4, -0.2) is 41.3 Å². The zero-order valence-electron chi connectivity index (χ0n) is 20.5. The second-order valence-electron chi connectivity index (χ2n) is 9.86. The van der Waals surface area contributed by atoms with Crippen LogP contribution in [0.4, 0.5) is 4.79 Å². The van der Waals surface area contributed by atoms with Crippen molar-refractivity contribution in [1.29, 1.82) is 0 Å². The first kappa shape index (κ1) is 25.3. The van der Waals surface area contributed by atoms with Crippen LogP contribution in [0.25, 0.3) is 11.1 Å². The van der Waals surface area contributed by atoms with Crippen molar-refractivity contribution in [2.24, 2.45) is 5.41 Å². The third-order valence-electron chi connectivity index (χ3n) is 7.06. The minimum absolute atomic E-state index is 0.0769. The molecule has 34 heavy (non-hydrogen) atoms. The van der Waals surface area contributed by atoms with Gasteiger partial charge in [0.2, 0.25) is 5.91 Å². The van der Waals surface area contributed by atoms with E-state index in [2.05, 4.69) is 22.8 Å². The van der Waals surface area contributed by atoms with Crippen LogP contribution >= 0.6 is 0 Å². The summed E-state index contributed by atoms with van der Waals surface area (Å²) in [5.41, 5.74) is 2.25. The number of fused-ring (bicyclic) bond motifs is 3. The Hall–Kier alpha value is -3.35. The van der Waals surface area contributed by atoms with Crippen molar-refractivity contribution in [2.75, 3.05) is 6.61 Å². The fraction of sp³-hybridized carbons (Fsp3) is 0.444. The number of carbonyl (C=O) groups excluding carboxylic acids is 2. The van der Waals surface area contributed by atoms with Gasteiger partial charge in [0.1, 0.15) is 12.6 Å². The van der Waals surface area contributed by atoms with E-state index in [0.29, 0.717) is 12.8 Å². The van der Waals surface area contributed by atoms with Gasteiger partial charge in [-0.2, -0.15) is 0 Å². The normalized spacial score (nSPS) is 14.0. The van der Waals surface area contributed by atoms with Crippen molar-refractivity contribution in [1.82, 2.24) is 10.6 Å². The summed E-state index contributed by atoms with van der Waals surface area (Å²) >= 11 is 0. The second-order valence-corrected chi connectivity index (χ2v) is 9.86. The summed E-state index contributed by atoms with van der Waals surface area (Å²) in [4.78, 5) is 37.3. The maximum atomic E-state index is 13.0. The van der Waals surface area contributed by atoms with Crippen molar-refractivity contribution in [3.8, 4) is 11.1 Å². The Balaban J connectivity index is 1.67. The Bertz CT molecular complexity index is 1030. The van der Waals surface area contributed by atoms with E-state index in [0.717, 1.165) is 22.3 Å². The first-order valence-corrected chi connectivity index (χ1v) is 11.7. The van der Waals surface area contributed by atoms with E-state index in [1.54, 1.807) is 27.7 Å². The molecule has 182 valence electrons. The number of hydrogen-bond donors (Lipinski definition) is 3. The van der Waals surface area contributed by atoms with Gasteiger partial charge in [-0.25, -0.2) is 4.79 Å². The molecule has 0 saturated carbocycles. The molecule has 0 aliphatic heterocycles. The molecule has 2 aromatic rings. The van der Waals surface area contributed by atoms with Crippen molar-refractivity contribution >= 4 is 18.0 Å². The topological polar surface area (TPSA) is 105 Å². The van der Waals surface area contributed by atoms with Crippen LogP contribution in [0, 0.1) is 5.41 Å². The summed E-state index contributed by atoms with van der Waals surface area (Å²) in [6.45, 7) is 8.50. The van der Waals surface area contributed by atoms with Crippen molar-refractivity contribution < 1.29 is 24.2 Å². The van der Waals surface area contributed by atoms with Crippen LogP contribution in [0.2, 0.25) is 0 Å². The highest BCUT2D eigenvalue weighted by Gasteiger charge is 2.45. The Kier molecular flexibility index (Phi) is 7.34. The molecule has 1 atom stereocenters. The van der Waals surface area contributed by atoms with Crippen LogP contribution in [0.15, 0.2) is 48.5 Å². The minimum atomic E-state index is -1.21. The molecule has 7 heteroatoms. The minimum Gasteiger partial charge on any atom is -0.481 e. The molecule has 1 aliphatic carbocycles. The maximum Gasteiger partial charge on any atom is 0.407 e. The van der Waals surface area contributed by atoms with Crippen LogP contribution in [-0.2, 0) is 14.3 Å². The number of carbonyl (C=O) groups is 3. The van der Waals surface area contributed by atoms with E-state index in [1.165, 1.54) is 0 Å². The van der Waals surface area contributed by atoms with E-state index in [1.807, 2.05) is 43.3 Å². The molecule has 0 saturated heterocycles. The highest BCUT2D eigenvalue weighted by molar-refractivity contribution is 5.87. The molecule has 0 bridgehead atoms. The molecule has 1 unspecified atom stereocenters. The summed E-state index contributed by atoms with van der Waals surface area (Å²) in [7, 11) is 0. The maximum absolute atomic E-state index is 13.0. The Morgan fingerprint density at radius 2 is 1.50 bits per heavy atom. The van der Waals surface area contributed by atoms with Gasteiger partial charge >= 0.3 is 12.1 Å². The lowest BCUT2D eigenvalue weighted by Crippen LogP contribution is -2.60. The van der Waals surface area contributed by atoms with Crippen LogP contribution in [0.3, 0.4) is 0 Å². The van der Waals surface area contributed by atoms with Gasteiger partial charge in [0.25, 0.3) is 0 Å². The number of hydrogen-bond acceptors (Lipinski definition) is 4. The number of benzene rings is 2. The number of amides is 2. The van der Waals surface area contributed by atoms with Gasteiger partial charge in [0.15, 0.2) is 0 Å². The van der Waals surface area contributed by atoms with Crippen molar-refractivity contribution in [3.05, 3.63) is 59.7 Å². The van der Waals surface area contributed by atoms with E-state index in [-0.39, 0.29) is 12.5 Å². The van der Waals surface area contributed by atoms with Crippen molar-refractivity contribution in [3.63, 3.8) is 0 Å². The number of carboxylic acid groups (broad SMARTS) is 1. The first-order chi connectivity index (χ1) is 16.0. The van der Waals surface area contributed by atoms with Gasteiger partial charge < -0.3 is 20.5 Å².